The maximum Gasteiger partial charge on any atom is 0.315 e. The van der Waals surface area contributed by atoms with Crippen molar-refractivity contribution >= 4 is 39.6 Å². The second-order valence-corrected chi connectivity index (χ2v) is 19.2. The van der Waals surface area contributed by atoms with Crippen molar-refractivity contribution in [2.45, 2.75) is 129 Å². The first-order chi connectivity index (χ1) is 25.4. The van der Waals surface area contributed by atoms with Crippen molar-refractivity contribution in [3.63, 3.8) is 0 Å². The Morgan fingerprint density at radius 1 is 1.02 bits per heavy atom. The monoisotopic (exact) mass is 768 g/mol. The second-order valence-electron chi connectivity index (χ2n) is 17.3. The lowest BCUT2D eigenvalue weighted by Crippen LogP contribution is -2.61. The first-order valence-electron chi connectivity index (χ1n) is 19.6. The van der Waals surface area contributed by atoms with Gasteiger partial charge in [0.15, 0.2) is 0 Å². The molecule has 13 nitrogen and oxygen atoms in total. The zero-order valence-electron chi connectivity index (χ0n) is 32.8. The molecule has 4 aliphatic rings. The standard InChI is InChI=1S/C40H60N6O7S/c1-8-10-19-28(34(47)36(49)41-21-9-2)42-35(48)33-31-27(40(31,6)7)23-46(33)37(50)32(25-16-12-11-13-17-25)44-38(51)43-30(39(3,4)5)24-45-22-26-18-14-15-20-29(26)54(45,52)53/h9,14-15,18,20,25,27-28,30-33H,2,8,10-13,16-17,19,21-24H2,1,3-7H3,(H,41,49)(H,42,48)(H2,43,44,51)/t27-,28?,30+,31-,32-,33-/m0/s1. The number of likely N-dealkylation sites (tertiary alicyclic amines) is 1. The molecule has 0 radical (unpaired) electrons. The van der Waals surface area contributed by atoms with Crippen molar-refractivity contribution in [1.29, 1.82) is 0 Å². The van der Waals surface area contributed by atoms with E-state index in [1.54, 1.807) is 29.2 Å². The molecule has 2 aliphatic heterocycles. The molecule has 0 spiro atoms. The van der Waals surface area contributed by atoms with Crippen molar-refractivity contribution in [1.82, 2.24) is 30.5 Å². The summed E-state index contributed by atoms with van der Waals surface area (Å²) in [4.78, 5) is 70.6. The van der Waals surface area contributed by atoms with E-state index in [1.807, 2.05) is 27.7 Å². The zero-order chi connectivity index (χ0) is 39.6. The summed E-state index contributed by atoms with van der Waals surface area (Å²) < 4.78 is 28.2. The van der Waals surface area contributed by atoms with Gasteiger partial charge in [-0.2, -0.15) is 4.31 Å². The number of amides is 5. The number of nitrogens with zero attached hydrogens (tertiary/aromatic N) is 2. The van der Waals surface area contributed by atoms with Crippen LogP contribution in [0, 0.1) is 28.6 Å². The minimum Gasteiger partial charge on any atom is -0.346 e. The molecule has 2 saturated carbocycles. The molecular weight excluding hydrogens is 709 g/mol. The molecule has 2 heterocycles. The summed E-state index contributed by atoms with van der Waals surface area (Å²) in [6.45, 7) is 16.2. The molecule has 1 aromatic rings. The number of rotatable bonds is 15. The van der Waals surface area contributed by atoms with Crippen LogP contribution in [-0.4, -0.2) is 91.0 Å². The summed E-state index contributed by atoms with van der Waals surface area (Å²) in [6, 6.07) is 2.90. The number of carbonyl (C=O) groups is 5. The number of unbranched alkanes of at least 4 members (excludes halogenated alkanes) is 1. The first kappa shape index (κ1) is 41.4. The predicted octanol–water partition coefficient (Wildman–Crippen LogP) is 3.88. The average molecular weight is 769 g/mol. The molecule has 1 unspecified atom stereocenters. The highest BCUT2D eigenvalue weighted by atomic mass is 32.2. The Labute approximate surface area is 320 Å². The Morgan fingerprint density at radius 3 is 2.33 bits per heavy atom. The lowest BCUT2D eigenvalue weighted by atomic mass is 9.83. The van der Waals surface area contributed by atoms with E-state index in [9.17, 15) is 32.4 Å². The minimum absolute atomic E-state index is 0.0479. The number of hydrogen-bond donors (Lipinski definition) is 4. The smallest absolute Gasteiger partial charge is 0.315 e. The number of benzene rings is 1. The van der Waals surface area contributed by atoms with E-state index < -0.39 is 63.2 Å². The SMILES string of the molecule is C=CCNC(=O)C(=O)C(CCCC)NC(=O)[C@@H]1[C@@H]2[C@H](CN1C(=O)[C@@H](NC(=O)N[C@H](CN1Cc3ccccc3S1(=O)=O)C(C)(C)C)C1CCCCC1)C2(C)C. The van der Waals surface area contributed by atoms with E-state index in [2.05, 4.69) is 41.7 Å². The van der Waals surface area contributed by atoms with Gasteiger partial charge >= 0.3 is 6.03 Å². The van der Waals surface area contributed by atoms with Gasteiger partial charge in [-0.1, -0.05) is 97.9 Å². The summed E-state index contributed by atoms with van der Waals surface area (Å²) >= 11 is 0. The molecule has 54 heavy (non-hydrogen) atoms. The van der Waals surface area contributed by atoms with Gasteiger partial charge in [-0.25, -0.2) is 13.2 Å². The Morgan fingerprint density at radius 2 is 1.70 bits per heavy atom. The average Bonchev–Trinajstić information content (AvgIpc) is 3.38. The molecule has 0 bridgehead atoms. The fraction of sp³-hybridized carbons (Fsp3) is 0.675. The van der Waals surface area contributed by atoms with Crippen molar-refractivity contribution in [3.8, 4) is 0 Å². The third-order valence-corrected chi connectivity index (χ3v) is 14.1. The largest absolute Gasteiger partial charge is 0.346 e. The van der Waals surface area contributed by atoms with Crippen LogP contribution in [0.25, 0.3) is 0 Å². The highest BCUT2D eigenvalue weighted by molar-refractivity contribution is 7.89. The van der Waals surface area contributed by atoms with Crippen LogP contribution in [0.4, 0.5) is 4.79 Å². The van der Waals surface area contributed by atoms with Crippen LogP contribution in [0.2, 0.25) is 0 Å². The van der Waals surface area contributed by atoms with E-state index in [4.69, 9.17) is 0 Å². The third-order valence-electron chi connectivity index (χ3n) is 12.2. The maximum absolute atomic E-state index is 14.7. The predicted molar refractivity (Wildman–Crippen MR) is 205 cm³/mol. The Kier molecular flexibility index (Phi) is 12.7. The van der Waals surface area contributed by atoms with Gasteiger partial charge in [-0.15, -0.1) is 6.58 Å². The molecule has 14 heteroatoms. The molecule has 4 N–H and O–H groups in total. The Bertz CT molecular complexity index is 1720. The second kappa shape index (κ2) is 16.5. The number of sulfonamides is 1. The van der Waals surface area contributed by atoms with Gasteiger partial charge in [0.05, 0.1) is 10.9 Å². The van der Waals surface area contributed by atoms with Gasteiger partial charge in [0.2, 0.25) is 27.6 Å². The molecule has 5 rings (SSSR count). The fourth-order valence-electron chi connectivity index (χ4n) is 8.73. The molecule has 298 valence electrons. The third kappa shape index (κ3) is 8.69. The van der Waals surface area contributed by atoms with Crippen molar-refractivity contribution in [2.75, 3.05) is 19.6 Å². The van der Waals surface area contributed by atoms with Crippen LogP contribution >= 0.6 is 0 Å². The lowest BCUT2D eigenvalue weighted by Gasteiger charge is -2.38. The number of ketones is 1. The van der Waals surface area contributed by atoms with E-state index in [-0.39, 0.29) is 60.0 Å². The molecule has 5 amide bonds. The Hall–Kier alpha value is -3.78. The van der Waals surface area contributed by atoms with Crippen LogP contribution in [0.3, 0.4) is 0 Å². The molecule has 3 fully saturated rings. The normalized spacial score (nSPS) is 24.6. The van der Waals surface area contributed by atoms with Crippen molar-refractivity contribution < 1.29 is 32.4 Å². The van der Waals surface area contributed by atoms with Crippen LogP contribution in [0.15, 0.2) is 41.8 Å². The van der Waals surface area contributed by atoms with Gasteiger partial charge < -0.3 is 26.2 Å². The summed E-state index contributed by atoms with van der Waals surface area (Å²) in [6.07, 6.45) is 7.45. The number of urea groups is 1. The number of hydrogen-bond acceptors (Lipinski definition) is 7. The highest BCUT2D eigenvalue weighted by Gasteiger charge is 2.69. The zero-order valence-corrected chi connectivity index (χ0v) is 33.6. The number of fused-ring (bicyclic) bond motifs is 2. The molecule has 2 aliphatic carbocycles. The summed E-state index contributed by atoms with van der Waals surface area (Å²) in [5, 5.41) is 11.4. The van der Waals surface area contributed by atoms with Gasteiger partial charge in [0.25, 0.3) is 5.91 Å². The quantitative estimate of drug-likeness (QED) is 0.155. The van der Waals surface area contributed by atoms with E-state index in [1.165, 1.54) is 10.4 Å². The molecule has 1 saturated heterocycles. The van der Waals surface area contributed by atoms with Crippen molar-refractivity contribution in [2.24, 2.45) is 28.6 Å². The molecule has 6 atom stereocenters. The molecular formula is C40H60N6O7S. The summed E-state index contributed by atoms with van der Waals surface area (Å²) in [7, 11) is -3.74. The molecule has 1 aromatic carbocycles. The van der Waals surface area contributed by atoms with Crippen molar-refractivity contribution in [3.05, 3.63) is 42.5 Å². The van der Waals surface area contributed by atoms with E-state index in [0.29, 0.717) is 18.5 Å². The van der Waals surface area contributed by atoms with Gasteiger partial charge in [-0.05, 0) is 59.5 Å². The number of carbonyl (C=O) groups excluding carboxylic acids is 5. The van der Waals surface area contributed by atoms with Gasteiger partial charge in [0, 0.05) is 32.2 Å². The van der Waals surface area contributed by atoms with Gasteiger partial charge in [-0.3, -0.25) is 19.2 Å². The van der Waals surface area contributed by atoms with Crippen LogP contribution in [0.1, 0.15) is 98.5 Å². The van der Waals surface area contributed by atoms with Crippen LogP contribution in [0.5, 0.6) is 0 Å². The van der Waals surface area contributed by atoms with E-state index in [0.717, 1.165) is 38.5 Å². The summed E-state index contributed by atoms with van der Waals surface area (Å²) in [5.74, 6) is -2.58. The number of nitrogens with one attached hydrogen (secondary N) is 4. The Balaban J connectivity index is 1.35. The van der Waals surface area contributed by atoms with Crippen LogP contribution < -0.4 is 21.3 Å². The minimum atomic E-state index is -3.74. The number of Topliss-reactive ketones (excluding diaryl/α,β-unsaturated/α-hetero) is 1. The lowest BCUT2D eigenvalue weighted by molar-refractivity contribution is -0.144. The first-order valence-corrected chi connectivity index (χ1v) is 21.1. The fourth-order valence-corrected chi connectivity index (χ4v) is 10.4. The maximum atomic E-state index is 14.7. The molecule has 0 aromatic heterocycles. The van der Waals surface area contributed by atoms with E-state index >= 15 is 0 Å². The number of piperidine rings is 1. The van der Waals surface area contributed by atoms with Gasteiger partial charge in [0.1, 0.15) is 12.1 Å². The van der Waals surface area contributed by atoms with Crippen LogP contribution in [-0.2, 0) is 35.7 Å². The summed E-state index contributed by atoms with van der Waals surface area (Å²) in [5.41, 5.74) is -0.0327. The topological polar surface area (TPSA) is 174 Å². The highest BCUT2D eigenvalue weighted by Crippen LogP contribution is 2.65.